The maximum atomic E-state index is 8.69. The molecule has 0 atom stereocenters. The molecule has 0 saturated heterocycles. The molecule has 0 unspecified atom stereocenters. The lowest BCUT2D eigenvalue weighted by atomic mass is 9.89. The molecular formula is C18H14N2O2. The van der Waals surface area contributed by atoms with Gasteiger partial charge in [-0.15, -0.1) is 0 Å². The highest BCUT2D eigenvalue weighted by Crippen LogP contribution is 2.33. The molecule has 0 spiro atoms. The summed E-state index contributed by atoms with van der Waals surface area (Å²) in [5, 5.41) is 19.3. The Hall–Kier alpha value is -3.24. The van der Waals surface area contributed by atoms with Gasteiger partial charge in [-0.2, -0.15) is 10.5 Å². The van der Waals surface area contributed by atoms with E-state index in [1.807, 2.05) is 24.3 Å². The van der Waals surface area contributed by atoms with E-state index in [4.69, 9.17) is 20.0 Å². The predicted octanol–water partition coefficient (Wildman–Crippen LogP) is 4.12. The lowest BCUT2D eigenvalue weighted by Crippen LogP contribution is -2.02. The van der Waals surface area contributed by atoms with Crippen molar-refractivity contribution in [3.63, 3.8) is 0 Å². The minimum absolute atomic E-state index is 0.151. The highest BCUT2D eigenvalue weighted by molar-refractivity contribution is 5.95. The van der Waals surface area contributed by atoms with E-state index in [1.54, 1.807) is 24.7 Å². The van der Waals surface area contributed by atoms with E-state index in [-0.39, 0.29) is 13.2 Å². The third-order valence-electron chi connectivity index (χ3n) is 3.49. The average Bonchev–Trinajstić information content (AvgIpc) is 2.57. The molecule has 0 amide bonds. The summed E-state index contributed by atoms with van der Waals surface area (Å²) in [6, 6.07) is 7.71. The molecule has 2 aromatic carbocycles. The molecule has 0 aromatic heterocycles. The monoisotopic (exact) mass is 290 g/mol. The van der Waals surface area contributed by atoms with Crippen molar-refractivity contribution in [3.05, 3.63) is 59.7 Å². The number of nitriles is 2. The summed E-state index contributed by atoms with van der Waals surface area (Å²) in [7, 11) is 0. The minimum Gasteiger partial charge on any atom is -0.423 e. The fourth-order valence-corrected chi connectivity index (χ4v) is 2.61. The molecule has 108 valence electrons. The molecule has 4 nitrogen and oxygen atoms in total. The van der Waals surface area contributed by atoms with E-state index >= 15 is 0 Å². The van der Waals surface area contributed by atoms with Gasteiger partial charge in [0.15, 0.2) is 0 Å². The number of fused-ring (bicyclic) bond motifs is 1. The van der Waals surface area contributed by atoms with Crippen LogP contribution in [0.3, 0.4) is 0 Å². The third-order valence-corrected chi connectivity index (χ3v) is 3.49. The maximum Gasteiger partial charge on any atom is 0.286 e. The van der Waals surface area contributed by atoms with Crippen molar-refractivity contribution in [2.24, 2.45) is 0 Å². The van der Waals surface area contributed by atoms with Gasteiger partial charge in [0.1, 0.15) is 13.2 Å². The van der Waals surface area contributed by atoms with Crippen LogP contribution in [0.5, 0.6) is 0 Å². The first kappa shape index (κ1) is 15.2. The highest BCUT2D eigenvalue weighted by atomic mass is 16.5. The molecule has 0 N–H and O–H groups in total. The Morgan fingerprint density at radius 2 is 1.27 bits per heavy atom. The third kappa shape index (κ3) is 2.63. The zero-order valence-electron chi connectivity index (χ0n) is 12.0. The van der Waals surface area contributed by atoms with Crippen LogP contribution in [0.1, 0.15) is 22.3 Å². The zero-order chi connectivity index (χ0) is 15.9. The Morgan fingerprint density at radius 3 is 1.59 bits per heavy atom. The summed E-state index contributed by atoms with van der Waals surface area (Å²) in [5.74, 6) is 0. The van der Waals surface area contributed by atoms with Gasteiger partial charge in [-0.25, -0.2) is 0 Å². The number of ether oxygens (including phenoxy) is 2. The van der Waals surface area contributed by atoms with Crippen LogP contribution < -0.4 is 0 Å². The Morgan fingerprint density at radius 1 is 0.864 bits per heavy atom. The highest BCUT2D eigenvalue weighted by Gasteiger charge is 2.16. The van der Waals surface area contributed by atoms with Crippen molar-refractivity contribution in [1.29, 1.82) is 10.5 Å². The second-order valence-corrected chi connectivity index (χ2v) is 4.50. The second-order valence-electron chi connectivity index (χ2n) is 4.50. The van der Waals surface area contributed by atoms with Crippen molar-refractivity contribution in [2.75, 3.05) is 0 Å². The fraction of sp³-hybridized carbons (Fsp3) is 0.111. The van der Waals surface area contributed by atoms with Gasteiger partial charge in [-0.1, -0.05) is 49.6 Å². The molecule has 0 radical (unpaired) electrons. The molecule has 0 bridgehead atoms. The number of hydrogen-bond donors (Lipinski definition) is 0. The van der Waals surface area contributed by atoms with E-state index in [9.17, 15) is 0 Å². The van der Waals surface area contributed by atoms with Crippen LogP contribution in [0, 0.1) is 23.0 Å². The van der Waals surface area contributed by atoms with Crippen molar-refractivity contribution in [3.8, 4) is 12.5 Å². The van der Waals surface area contributed by atoms with Crippen LogP contribution in [0.25, 0.3) is 22.9 Å². The molecule has 0 heterocycles. The van der Waals surface area contributed by atoms with Gasteiger partial charge in [0.25, 0.3) is 12.5 Å². The summed E-state index contributed by atoms with van der Waals surface area (Å²) < 4.78 is 9.86. The van der Waals surface area contributed by atoms with E-state index < -0.39 is 0 Å². The summed E-state index contributed by atoms with van der Waals surface area (Å²) in [6.07, 6.45) is 6.79. The topological polar surface area (TPSA) is 66.0 Å². The summed E-state index contributed by atoms with van der Waals surface area (Å²) in [6.45, 7) is 7.99. The smallest absolute Gasteiger partial charge is 0.286 e. The van der Waals surface area contributed by atoms with E-state index in [0.29, 0.717) is 0 Å². The zero-order valence-corrected chi connectivity index (χ0v) is 12.0. The van der Waals surface area contributed by atoms with Crippen LogP contribution in [0.15, 0.2) is 37.4 Å². The molecule has 0 aliphatic rings. The molecule has 0 saturated carbocycles. The molecule has 0 aliphatic heterocycles. The van der Waals surface area contributed by atoms with Gasteiger partial charge in [0.2, 0.25) is 0 Å². The van der Waals surface area contributed by atoms with Gasteiger partial charge in [0, 0.05) is 11.1 Å². The first-order valence-electron chi connectivity index (χ1n) is 6.61. The lowest BCUT2D eigenvalue weighted by Gasteiger charge is -2.17. The van der Waals surface area contributed by atoms with Crippen LogP contribution in [0.2, 0.25) is 0 Å². The van der Waals surface area contributed by atoms with Crippen LogP contribution in [-0.2, 0) is 22.7 Å². The standard InChI is InChI=1S/C18H14N2O2/c1-3-13-14(4-2)18(10-22-12-20)16-8-6-5-7-15(16)17(13)9-21-11-19/h3-8H,1-2,9-10H2. The average molecular weight is 290 g/mol. The van der Waals surface area contributed by atoms with Gasteiger partial charge < -0.3 is 9.47 Å². The van der Waals surface area contributed by atoms with E-state index in [0.717, 1.165) is 33.0 Å². The number of benzene rings is 2. The molecule has 2 rings (SSSR count). The second kappa shape index (κ2) is 6.97. The van der Waals surface area contributed by atoms with E-state index in [1.165, 1.54) is 0 Å². The molecule has 22 heavy (non-hydrogen) atoms. The Bertz CT molecular complexity index is 742. The van der Waals surface area contributed by atoms with Gasteiger partial charge in [0.05, 0.1) is 0 Å². The van der Waals surface area contributed by atoms with Crippen molar-refractivity contribution >= 4 is 22.9 Å². The largest absolute Gasteiger partial charge is 0.423 e. The Kier molecular flexibility index (Phi) is 4.80. The summed E-state index contributed by atoms with van der Waals surface area (Å²) in [5.41, 5.74) is 3.39. The van der Waals surface area contributed by atoms with Crippen molar-refractivity contribution in [2.45, 2.75) is 13.2 Å². The van der Waals surface area contributed by atoms with E-state index in [2.05, 4.69) is 13.2 Å². The fourth-order valence-electron chi connectivity index (χ4n) is 2.61. The molecule has 0 aliphatic carbocycles. The minimum atomic E-state index is 0.151. The predicted molar refractivity (Wildman–Crippen MR) is 84.9 cm³/mol. The maximum absolute atomic E-state index is 8.69. The van der Waals surface area contributed by atoms with Gasteiger partial charge >= 0.3 is 0 Å². The normalized spacial score (nSPS) is 9.55. The van der Waals surface area contributed by atoms with Crippen LogP contribution >= 0.6 is 0 Å². The van der Waals surface area contributed by atoms with Crippen molar-refractivity contribution < 1.29 is 9.47 Å². The van der Waals surface area contributed by atoms with Gasteiger partial charge in [-0.3, -0.25) is 0 Å². The molecule has 4 heteroatoms. The van der Waals surface area contributed by atoms with Crippen molar-refractivity contribution in [1.82, 2.24) is 0 Å². The first-order chi connectivity index (χ1) is 10.8. The van der Waals surface area contributed by atoms with Crippen LogP contribution in [-0.4, -0.2) is 0 Å². The SMILES string of the molecule is C=Cc1c(C=C)c(COC#N)c2ccccc2c1COC#N. The molecule has 2 aromatic rings. The van der Waals surface area contributed by atoms with Crippen LogP contribution in [0.4, 0.5) is 0 Å². The molecular weight excluding hydrogens is 276 g/mol. The lowest BCUT2D eigenvalue weighted by molar-refractivity contribution is 0.256. The first-order valence-corrected chi connectivity index (χ1v) is 6.61. The van der Waals surface area contributed by atoms with Gasteiger partial charge in [-0.05, 0) is 21.9 Å². The Balaban J connectivity index is 2.84. The summed E-state index contributed by atoms with van der Waals surface area (Å²) in [4.78, 5) is 0. The number of nitrogens with zero attached hydrogens (tertiary/aromatic N) is 2. The summed E-state index contributed by atoms with van der Waals surface area (Å²) >= 11 is 0. The number of hydrogen-bond acceptors (Lipinski definition) is 4. The number of rotatable bonds is 6. The quantitative estimate of drug-likeness (QED) is 0.750. The Labute approximate surface area is 129 Å². The molecule has 0 fully saturated rings.